The summed E-state index contributed by atoms with van der Waals surface area (Å²) in [5.41, 5.74) is 0.191. The van der Waals surface area contributed by atoms with Gasteiger partial charge in [-0.25, -0.2) is 4.79 Å². The van der Waals surface area contributed by atoms with Crippen LogP contribution < -0.4 is 0 Å². The molecule has 0 N–H and O–H groups in total. The van der Waals surface area contributed by atoms with E-state index in [0.29, 0.717) is 6.42 Å². The molecular weight excluding hydrogens is 327 g/mol. The van der Waals surface area contributed by atoms with Gasteiger partial charge in [0.2, 0.25) is 10.7 Å². The molecule has 120 valence electrons. The van der Waals surface area contributed by atoms with Crippen molar-refractivity contribution < 1.29 is 14.4 Å². The topological polar surface area (TPSA) is 49.9 Å². The average Bonchev–Trinajstić information content (AvgIpc) is 2.63. The van der Waals surface area contributed by atoms with Crippen LogP contribution in [0.5, 0.6) is 0 Å². The molecule has 5 nitrogen and oxygen atoms in total. The molecule has 0 aromatic heterocycles. The van der Waals surface area contributed by atoms with Crippen molar-refractivity contribution in [3.05, 3.63) is 35.9 Å². The average molecular weight is 345 g/mol. The first kappa shape index (κ1) is 17.1. The normalized spacial score (nSPS) is 21.5. The lowest BCUT2D eigenvalue weighted by atomic mass is 10.1. The van der Waals surface area contributed by atoms with Crippen LogP contribution in [0.3, 0.4) is 0 Å². The largest absolute Gasteiger partial charge is 0.362 e. The summed E-state index contributed by atoms with van der Waals surface area (Å²) in [7, 11) is 1.67. The highest BCUT2D eigenvalue weighted by Gasteiger charge is 2.52. The van der Waals surface area contributed by atoms with Crippen LogP contribution in [0.2, 0.25) is 0 Å². The summed E-state index contributed by atoms with van der Waals surface area (Å²) in [6, 6.07) is 8.92. The number of halogens is 2. The van der Waals surface area contributed by atoms with E-state index < -0.39 is 22.5 Å². The highest BCUT2D eigenvalue weighted by molar-refractivity contribution is 6.52. The zero-order valence-corrected chi connectivity index (χ0v) is 14.1. The van der Waals surface area contributed by atoms with Gasteiger partial charge in [0.1, 0.15) is 11.7 Å². The van der Waals surface area contributed by atoms with Crippen LogP contribution >= 0.6 is 23.2 Å². The molecule has 1 heterocycles. The summed E-state index contributed by atoms with van der Waals surface area (Å²) >= 11 is 11.1. The summed E-state index contributed by atoms with van der Waals surface area (Å²) in [5.74, 6) is -0.917. The van der Waals surface area contributed by atoms with Gasteiger partial charge in [-0.3, -0.25) is 4.79 Å². The second kappa shape index (κ2) is 6.44. The minimum atomic E-state index is -1.30. The predicted molar refractivity (Wildman–Crippen MR) is 84.2 cm³/mol. The Balaban J connectivity index is 2.27. The van der Waals surface area contributed by atoms with E-state index in [1.165, 1.54) is 5.06 Å². The highest BCUT2D eigenvalue weighted by Crippen LogP contribution is 2.32. The molecule has 0 saturated carbocycles. The van der Waals surface area contributed by atoms with E-state index in [4.69, 9.17) is 28.0 Å². The number of carbonyl (C=O) groups is 2. The third-order valence-electron chi connectivity index (χ3n) is 3.90. The molecule has 1 fully saturated rings. The van der Waals surface area contributed by atoms with E-state index >= 15 is 0 Å². The van der Waals surface area contributed by atoms with Gasteiger partial charge < -0.3 is 9.74 Å². The first-order valence-electron chi connectivity index (χ1n) is 6.86. The number of amides is 1. The van der Waals surface area contributed by atoms with Gasteiger partial charge >= 0.3 is 5.97 Å². The number of hydrogen-bond acceptors (Lipinski definition) is 4. The monoisotopic (exact) mass is 344 g/mol. The fourth-order valence-corrected chi connectivity index (χ4v) is 2.52. The van der Waals surface area contributed by atoms with Crippen molar-refractivity contribution >= 4 is 35.1 Å². The van der Waals surface area contributed by atoms with E-state index in [0.717, 1.165) is 5.56 Å². The SMILES string of the molecule is CN1C(=O)[C@H](Cc2ccccc2)N(OC(=O)C(Cl)Cl)C1(C)C. The summed E-state index contributed by atoms with van der Waals surface area (Å²) in [4.78, 5) is 29.8. The lowest BCUT2D eigenvalue weighted by Crippen LogP contribution is -2.50. The zero-order chi connectivity index (χ0) is 16.5. The molecule has 2 rings (SSSR count). The van der Waals surface area contributed by atoms with Crippen molar-refractivity contribution in [1.82, 2.24) is 9.96 Å². The maximum absolute atomic E-state index is 12.5. The van der Waals surface area contributed by atoms with Gasteiger partial charge in [-0.1, -0.05) is 53.5 Å². The molecule has 1 aromatic carbocycles. The van der Waals surface area contributed by atoms with Gasteiger partial charge in [0, 0.05) is 13.5 Å². The molecule has 1 aliphatic rings. The number of alkyl halides is 2. The predicted octanol–water partition coefficient (Wildman–Crippen LogP) is 2.37. The van der Waals surface area contributed by atoms with Crippen molar-refractivity contribution in [2.24, 2.45) is 0 Å². The Morgan fingerprint density at radius 3 is 2.45 bits per heavy atom. The van der Waals surface area contributed by atoms with Gasteiger partial charge in [0.15, 0.2) is 0 Å². The molecule has 0 bridgehead atoms. The molecule has 1 atom stereocenters. The Hall–Kier alpha value is -1.30. The molecule has 1 aliphatic heterocycles. The Labute approximate surface area is 139 Å². The first-order chi connectivity index (χ1) is 10.2. The van der Waals surface area contributed by atoms with Gasteiger partial charge in [-0.15, -0.1) is 5.06 Å². The summed E-state index contributed by atoms with van der Waals surface area (Å²) < 4.78 is 0. The molecule has 22 heavy (non-hydrogen) atoms. The lowest BCUT2D eigenvalue weighted by molar-refractivity contribution is -0.227. The number of hydroxylamine groups is 2. The molecule has 1 aromatic rings. The smallest absolute Gasteiger partial charge is 0.358 e. The minimum absolute atomic E-state index is 0.123. The molecule has 0 unspecified atom stereocenters. The second-order valence-corrected chi connectivity index (χ2v) is 6.73. The van der Waals surface area contributed by atoms with Crippen LogP contribution in [0.25, 0.3) is 0 Å². The van der Waals surface area contributed by atoms with E-state index in [1.54, 1.807) is 25.8 Å². The van der Waals surface area contributed by atoms with Crippen LogP contribution in [0.1, 0.15) is 19.4 Å². The first-order valence-corrected chi connectivity index (χ1v) is 7.73. The fourth-order valence-electron chi connectivity index (χ4n) is 2.44. The van der Waals surface area contributed by atoms with Crippen molar-refractivity contribution in [3.63, 3.8) is 0 Å². The Morgan fingerprint density at radius 2 is 1.91 bits per heavy atom. The zero-order valence-electron chi connectivity index (χ0n) is 12.6. The van der Waals surface area contributed by atoms with Gasteiger partial charge in [-0.05, 0) is 19.4 Å². The van der Waals surface area contributed by atoms with E-state index in [1.807, 2.05) is 30.3 Å². The maximum Gasteiger partial charge on any atom is 0.358 e. The summed E-state index contributed by atoms with van der Waals surface area (Å²) in [6.45, 7) is 3.58. The Kier molecular flexibility index (Phi) is 5.00. The lowest BCUT2D eigenvalue weighted by Gasteiger charge is -2.35. The molecule has 0 radical (unpaired) electrons. The molecular formula is C15H18Cl2N2O3. The van der Waals surface area contributed by atoms with Crippen molar-refractivity contribution in [2.45, 2.75) is 36.8 Å². The maximum atomic E-state index is 12.5. The van der Waals surface area contributed by atoms with Gasteiger partial charge in [0.25, 0.3) is 0 Å². The van der Waals surface area contributed by atoms with Gasteiger partial charge in [0.05, 0.1) is 0 Å². The number of benzene rings is 1. The van der Waals surface area contributed by atoms with E-state index in [-0.39, 0.29) is 5.91 Å². The highest BCUT2D eigenvalue weighted by atomic mass is 35.5. The van der Waals surface area contributed by atoms with Gasteiger partial charge in [-0.2, -0.15) is 0 Å². The van der Waals surface area contributed by atoms with Crippen molar-refractivity contribution in [2.75, 3.05) is 7.05 Å². The number of rotatable bonds is 4. The van der Waals surface area contributed by atoms with E-state index in [2.05, 4.69) is 0 Å². The number of hydrogen-bond donors (Lipinski definition) is 0. The van der Waals surface area contributed by atoms with E-state index in [9.17, 15) is 9.59 Å². The minimum Gasteiger partial charge on any atom is -0.362 e. The third-order valence-corrected chi connectivity index (χ3v) is 4.25. The third kappa shape index (κ3) is 3.21. The second-order valence-electron chi connectivity index (χ2n) is 5.63. The Morgan fingerprint density at radius 1 is 1.32 bits per heavy atom. The molecule has 1 saturated heterocycles. The molecule has 0 aliphatic carbocycles. The van der Waals surface area contributed by atoms with Crippen molar-refractivity contribution in [3.8, 4) is 0 Å². The molecule has 7 heteroatoms. The molecule has 0 spiro atoms. The Bertz CT molecular complexity index is 563. The van der Waals surface area contributed by atoms with Crippen LogP contribution in [0, 0.1) is 0 Å². The number of nitrogens with zero attached hydrogens (tertiary/aromatic N) is 2. The van der Waals surface area contributed by atoms with Crippen molar-refractivity contribution in [1.29, 1.82) is 0 Å². The van der Waals surface area contributed by atoms with Crippen LogP contribution in [0.15, 0.2) is 30.3 Å². The van der Waals surface area contributed by atoms with Crippen LogP contribution in [0.4, 0.5) is 0 Å². The summed E-state index contributed by atoms with van der Waals surface area (Å²) in [5, 5.41) is 1.38. The summed E-state index contributed by atoms with van der Waals surface area (Å²) in [6.07, 6.45) is 0.427. The number of carbonyl (C=O) groups excluding carboxylic acids is 2. The fraction of sp³-hybridized carbons (Fsp3) is 0.467. The van der Waals surface area contributed by atoms with Crippen LogP contribution in [-0.4, -0.2) is 45.4 Å². The standard InChI is InChI=1S/C15H18Cl2N2O3/c1-15(2)18(3)13(20)11(9-10-7-5-4-6-8-10)19(15)22-14(21)12(16)17/h4-8,11-12H,9H2,1-3H3/t11-/m0/s1. The quantitative estimate of drug-likeness (QED) is 0.787. The molecule has 1 amide bonds. The number of likely N-dealkylation sites (N-methyl/N-ethyl adjacent to an activating group) is 1. The van der Waals surface area contributed by atoms with Crippen LogP contribution in [-0.2, 0) is 20.8 Å².